The molecule has 9 heteroatoms. The monoisotopic (exact) mass is 496 g/mol. The molecule has 5 rings (SSSR count). The summed E-state index contributed by atoms with van der Waals surface area (Å²) < 4.78 is 1.45. The third kappa shape index (κ3) is 5.73. The molecule has 1 atom stereocenters. The Balaban J connectivity index is 1.23. The lowest BCUT2D eigenvalue weighted by Gasteiger charge is -2.39. The first-order valence-corrected chi connectivity index (χ1v) is 12.3. The molecule has 0 bridgehead atoms. The minimum atomic E-state index is -0.445. The Hall–Kier alpha value is -4.37. The Kier molecular flexibility index (Phi) is 7.32. The molecule has 1 aliphatic rings. The summed E-state index contributed by atoms with van der Waals surface area (Å²) in [7, 11) is 0. The van der Waals surface area contributed by atoms with Crippen LogP contribution in [0.5, 0.6) is 0 Å². The first-order valence-electron chi connectivity index (χ1n) is 12.3. The van der Waals surface area contributed by atoms with Gasteiger partial charge in [0.1, 0.15) is 12.2 Å². The van der Waals surface area contributed by atoms with Crippen molar-refractivity contribution in [3.63, 3.8) is 0 Å². The van der Waals surface area contributed by atoms with Gasteiger partial charge in [-0.25, -0.2) is 4.68 Å². The van der Waals surface area contributed by atoms with E-state index in [4.69, 9.17) is 0 Å². The van der Waals surface area contributed by atoms with E-state index in [1.165, 1.54) is 21.9 Å². The Morgan fingerprint density at radius 2 is 1.54 bits per heavy atom. The van der Waals surface area contributed by atoms with Gasteiger partial charge in [-0.05, 0) is 23.6 Å². The molecule has 2 heterocycles. The van der Waals surface area contributed by atoms with Crippen molar-refractivity contribution < 1.29 is 9.72 Å². The molecule has 9 nitrogen and oxygen atoms in total. The maximum Gasteiger partial charge on any atom is 0.278 e. The van der Waals surface area contributed by atoms with Gasteiger partial charge in [-0.1, -0.05) is 78.0 Å². The molecule has 0 saturated carbocycles. The molecule has 3 aromatic carbocycles. The van der Waals surface area contributed by atoms with Gasteiger partial charge in [-0.3, -0.25) is 19.8 Å². The molecule has 37 heavy (non-hydrogen) atoms. The fourth-order valence-electron chi connectivity index (χ4n) is 4.84. The molecule has 1 aliphatic heterocycles. The minimum Gasteiger partial charge on any atom is -0.339 e. The van der Waals surface area contributed by atoms with Crippen molar-refractivity contribution in [3.05, 3.63) is 112 Å². The number of nitrogens with zero attached hydrogens (tertiary/aromatic N) is 6. The molecule has 1 unspecified atom stereocenters. The van der Waals surface area contributed by atoms with Crippen molar-refractivity contribution in [1.29, 1.82) is 0 Å². The second-order valence-electron chi connectivity index (χ2n) is 9.11. The number of aromatic nitrogens is 3. The molecule has 1 amide bonds. The van der Waals surface area contributed by atoms with Crippen LogP contribution >= 0.6 is 0 Å². The van der Waals surface area contributed by atoms with Crippen molar-refractivity contribution in [2.24, 2.45) is 0 Å². The van der Waals surface area contributed by atoms with Crippen LogP contribution in [0.25, 0.3) is 11.3 Å². The molecular weight excluding hydrogens is 468 g/mol. The van der Waals surface area contributed by atoms with Gasteiger partial charge in [0, 0.05) is 38.3 Å². The third-order valence-electron chi connectivity index (χ3n) is 6.78. The molecule has 0 radical (unpaired) electrons. The number of para-hydroxylation sites is 1. The zero-order valence-electron chi connectivity index (χ0n) is 20.4. The van der Waals surface area contributed by atoms with Crippen LogP contribution in [-0.4, -0.2) is 61.8 Å². The van der Waals surface area contributed by atoms with Gasteiger partial charge in [0.05, 0.1) is 16.7 Å². The Bertz CT molecular complexity index is 1350. The number of piperazine rings is 1. The van der Waals surface area contributed by atoms with Gasteiger partial charge in [-0.2, -0.15) is 0 Å². The van der Waals surface area contributed by atoms with Crippen molar-refractivity contribution in [3.8, 4) is 11.3 Å². The summed E-state index contributed by atoms with van der Waals surface area (Å²) in [5.74, 6) is -0.0435. The Morgan fingerprint density at radius 1 is 0.892 bits per heavy atom. The fourth-order valence-corrected chi connectivity index (χ4v) is 4.84. The summed E-state index contributed by atoms with van der Waals surface area (Å²) >= 11 is 0. The average Bonchev–Trinajstić information content (AvgIpc) is 3.41. The smallest absolute Gasteiger partial charge is 0.278 e. The second kappa shape index (κ2) is 11.1. The molecule has 4 aromatic rings. The molecule has 0 aliphatic carbocycles. The number of nitro groups is 1. The van der Waals surface area contributed by atoms with Crippen molar-refractivity contribution in [2.45, 2.75) is 19.0 Å². The lowest BCUT2D eigenvalue weighted by molar-refractivity contribution is -0.384. The van der Waals surface area contributed by atoms with E-state index in [1.54, 1.807) is 24.4 Å². The predicted octanol–water partition coefficient (Wildman–Crippen LogP) is 3.98. The van der Waals surface area contributed by atoms with Gasteiger partial charge in [0.15, 0.2) is 0 Å². The maximum atomic E-state index is 13.0. The summed E-state index contributed by atoms with van der Waals surface area (Å²) in [5, 5.41) is 19.4. The molecule has 1 fully saturated rings. The molecule has 0 N–H and O–H groups in total. The first kappa shape index (κ1) is 24.3. The fraction of sp³-hybridized carbons (Fsp3) is 0.250. The first-order chi connectivity index (χ1) is 18.1. The highest BCUT2D eigenvalue weighted by Gasteiger charge is 2.27. The van der Waals surface area contributed by atoms with Crippen LogP contribution in [0.4, 0.5) is 5.69 Å². The van der Waals surface area contributed by atoms with E-state index in [-0.39, 0.29) is 24.2 Å². The van der Waals surface area contributed by atoms with Crippen LogP contribution in [-0.2, 0) is 17.8 Å². The molecular formula is C28H28N6O3. The number of nitro benzene ring substituents is 1. The summed E-state index contributed by atoms with van der Waals surface area (Å²) in [5.41, 5.74) is 3.27. The lowest BCUT2D eigenvalue weighted by Crippen LogP contribution is -2.50. The van der Waals surface area contributed by atoms with Crippen LogP contribution in [0.3, 0.4) is 0 Å². The van der Waals surface area contributed by atoms with E-state index in [2.05, 4.69) is 63.7 Å². The normalized spacial score (nSPS) is 14.9. The van der Waals surface area contributed by atoms with Gasteiger partial charge < -0.3 is 4.90 Å². The zero-order valence-corrected chi connectivity index (χ0v) is 20.4. The largest absolute Gasteiger partial charge is 0.339 e. The zero-order chi connectivity index (χ0) is 25.6. The number of amides is 1. The van der Waals surface area contributed by atoms with Crippen LogP contribution in [0.1, 0.15) is 17.2 Å². The molecule has 1 saturated heterocycles. The van der Waals surface area contributed by atoms with Crippen LogP contribution in [0.15, 0.2) is 91.1 Å². The van der Waals surface area contributed by atoms with E-state index in [0.29, 0.717) is 24.3 Å². The van der Waals surface area contributed by atoms with Crippen LogP contribution in [0.2, 0.25) is 0 Å². The molecule has 1 aromatic heterocycles. The van der Waals surface area contributed by atoms with E-state index in [0.717, 1.165) is 19.5 Å². The highest BCUT2D eigenvalue weighted by atomic mass is 16.6. The topological polar surface area (TPSA) is 97.4 Å². The van der Waals surface area contributed by atoms with Gasteiger partial charge in [0.25, 0.3) is 5.69 Å². The lowest BCUT2D eigenvalue weighted by atomic mass is 9.96. The van der Waals surface area contributed by atoms with E-state index >= 15 is 0 Å². The van der Waals surface area contributed by atoms with Gasteiger partial charge in [-0.15, -0.1) is 5.10 Å². The van der Waals surface area contributed by atoms with Crippen LogP contribution < -0.4 is 0 Å². The standard InChI is InChI=1S/C28H28N6O3/c35-28(21-33-20-25(29-30-33)24-13-7-8-14-26(24)34(36)37)32-17-15-31(16-18-32)27(23-11-5-2-6-12-23)19-22-9-3-1-4-10-22/h1-14,20,27H,15-19,21H2. The summed E-state index contributed by atoms with van der Waals surface area (Å²) in [4.78, 5) is 28.2. The van der Waals surface area contributed by atoms with E-state index in [1.807, 2.05) is 17.0 Å². The highest BCUT2D eigenvalue weighted by Crippen LogP contribution is 2.28. The second-order valence-corrected chi connectivity index (χ2v) is 9.11. The number of benzene rings is 3. The van der Waals surface area contributed by atoms with Crippen molar-refractivity contribution >= 4 is 11.6 Å². The summed E-state index contributed by atoms with van der Waals surface area (Å²) in [6.45, 7) is 2.85. The number of carbonyl (C=O) groups is 1. The van der Waals surface area contributed by atoms with Gasteiger partial charge >= 0.3 is 0 Å². The maximum absolute atomic E-state index is 13.0. The SMILES string of the molecule is O=C(Cn1cc(-c2ccccc2[N+](=O)[O-])nn1)N1CCN(C(Cc2ccccc2)c2ccccc2)CC1. The van der Waals surface area contributed by atoms with Crippen molar-refractivity contribution in [2.75, 3.05) is 26.2 Å². The van der Waals surface area contributed by atoms with Gasteiger partial charge in [0.2, 0.25) is 5.91 Å². The number of hydrogen-bond donors (Lipinski definition) is 0. The van der Waals surface area contributed by atoms with E-state index < -0.39 is 4.92 Å². The highest BCUT2D eigenvalue weighted by molar-refractivity contribution is 5.76. The van der Waals surface area contributed by atoms with E-state index in [9.17, 15) is 14.9 Å². The average molecular weight is 497 g/mol. The summed E-state index contributed by atoms with van der Waals surface area (Å²) in [6.07, 6.45) is 2.49. The van der Waals surface area contributed by atoms with Crippen LogP contribution in [0, 0.1) is 10.1 Å². The minimum absolute atomic E-state index is 0.0412. The third-order valence-corrected chi connectivity index (χ3v) is 6.78. The van der Waals surface area contributed by atoms with Crippen molar-refractivity contribution in [1.82, 2.24) is 24.8 Å². The Morgan fingerprint density at radius 3 is 2.24 bits per heavy atom. The Labute approximate surface area is 215 Å². The number of hydrogen-bond acceptors (Lipinski definition) is 6. The number of carbonyl (C=O) groups excluding carboxylic acids is 1. The molecule has 188 valence electrons. The molecule has 0 spiro atoms. The summed E-state index contributed by atoms with van der Waals surface area (Å²) in [6, 6.07) is 27.6. The quantitative estimate of drug-likeness (QED) is 0.270. The number of rotatable bonds is 8. The predicted molar refractivity (Wildman–Crippen MR) is 140 cm³/mol.